The Balaban J connectivity index is 1.50. The Morgan fingerprint density at radius 1 is 1.10 bits per heavy atom. The maximum Gasteiger partial charge on any atom is 0.266 e. The lowest BCUT2D eigenvalue weighted by Gasteiger charge is -2.10. The predicted octanol–water partition coefficient (Wildman–Crippen LogP) is 5.58. The summed E-state index contributed by atoms with van der Waals surface area (Å²) in [5, 5.41) is 0.684. The SMILES string of the molecule is C=CCN1C(=O)/C(=C/c2cccc(OCCCOc3ccc(Cl)cc3)c2)SC1=S. The second-order valence-electron chi connectivity index (χ2n) is 6.16. The Labute approximate surface area is 185 Å². The molecule has 0 aliphatic carbocycles. The Kier molecular flexibility index (Phi) is 7.75. The molecule has 3 rings (SSSR count). The molecule has 0 radical (unpaired) electrons. The van der Waals surface area contributed by atoms with Gasteiger partial charge in [-0.05, 0) is 48.0 Å². The number of hydrogen-bond donors (Lipinski definition) is 0. The maximum absolute atomic E-state index is 12.4. The number of rotatable bonds is 9. The van der Waals surface area contributed by atoms with Crippen molar-refractivity contribution in [2.45, 2.75) is 6.42 Å². The van der Waals surface area contributed by atoms with Crippen molar-refractivity contribution in [3.05, 3.63) is 76.7 Å². The highest BCUT2D eigenvalue weighted by atomic mass is 35.5. The number of carbonyl (C=O) groups is 1. The quantitative estimate of drug-likeness (QED) is 0.218. The Bertz CT molecular complexity index is 928. The number of hydrogen-bond acceptors (Lipinski definition) is 5. The fourth-order valence-electron chi connectivity index (χ4n) is 2.60. The van der Waals surface area contributed by atoms with Gasteiger partial charge in [0.1, 0.15) is 15.8 Å². The first kappa shape index (κ1) is 21.4. The Morgan fingerprint density at radius 3 is 2.55 bits per heavy atom. The molecular weight excluding hydrogens is 426 g/mol. The lowest BCUT2D eigenvalue weighted by molar-refractivity contribution is -0.121. The van der Waals surface area contributed by atoms with Gasteiger partial charge in [0.2, 0.25) is 0 Å². The van der Waals surface area contributed by atoms with Gasteiger partial charge in [-0.1, -0.05) is 53.8 Å². The number of thioether (sulfide) groups is 1. The van der Waals surface area contributed by atoms with Gasteiger partial charge in [-0.25, -0.2) is 0 Å². The van der Waals surface area contributed by atoms with Gasteiger partial charge >= 0.3 is 0 Å². The van der Waals surface area contributed by atoms with E-state index in [9.17, 15) is 4.79 Å². The van der Waals surface area contributed by atoms with Crippen LogP contribution in [-0.4, -0.2) is 34.9 Å². The first-order chi connectivity index (χ1) is 14.1. The third kappa shape index (κ3) is 6.10. The minimum atomic E-state index is -0.0921. The van der Waals surface area contributed by atoms with Crippen LogP contribution in [0.3, 0.4) is 0 Å². The summed E-state index contributed by atoms with van der Waals surface area (Å²) in [6, 6.07) is 14.9. The molecule has 0 aromatic heterocycles. The molecule has 0 spiro atoms. The monoisotopic (exact) mass is 445 g/mol. The third-order valence-electron chi connectivity index (χ3n) is 3.98. The normalized spacial score (nSPS) is 15.1. The molecule has 4 nitrogen and oxygen atoms in total. The number of benzene rings is 2. The van der Waals surface area contributed by atoms with E-state index >= 15 is 0 Å². The summed E-state index contributed by atoms with van der Waals surface area (Å²) in [5.74, 6) is 1.43. The molecule has 1 aliphatic heterocycles. The van der Waals surface area contributed by atoms with Crippen LogP contribution in [0.4, 0.5) is 0 Å². The lowest BCUT2D eigenvalue weighted by Crippen LogP contribution is -2.27. The standard InChI is InChI=1S/C22H20ClNO3S2/c1-2-11-24-21(25)20(29-22(24)28)15-16-5-3-6-19(14-16)27-13-4-12-26-18-9-7-17(23)8-10-18/h2-3,5-10,14-15H,1,4,11-13H2/b20-15-. The Morgan fingerprint density at radius 2 is 1.83 bits per heavy atom. The molecule has 0 unspecified atom stereocenters. The number of ether oxygens (including phenoxy) is 2. The molecule has 0 saturated carbocycles. The van der Waals surface area contributed by atoms with Crippen molar-refractivity contribution in [3.63, 3.8) is 0 Å². The van der Waals surface area contributed by atoms with Gasteiger partial charge < -0.3 is 9.47 Å². The van der Waals surface area contributed by atoms with Crippen LogP contribution in [0.2, 0.25) is 5.02 Å². The molecule has 150 valence electrons. The molecule has 1 saturated heterocycles. The van der Waals surface area contributed by atoms with E-state index in [1.54, 1.807) is 23.1 Å². The van der Waals surface area contributed by atoms with Crippen LogP contribution in [0.5, 0.6) is 11.5 Å². The zero-order valence-electron chi connectivity index (χ0n) is 15.7. The zero-order chi connectivity index (χ0) is 20.6. The molecule has 29 heavy (non-hydrogen) atoms. The van der Waals surface area contributed by atoms with E-state index < -0.39 is 0 Å². The highest BCUT2D eigenvalue weighted by molar-refractivity contribution is 8.26. The first-order valence-corrected chi connectivity index (χ1v) is 10.6. The smallest absolute Gasteiger partial charge is 0.266 e. The van der Waals surface area contributed by atoms with E-state index in [0.29, 0.717) is 34.0 Å². The summed E-state index contributed by atoms with van der Waals surface area (Å²) in [7, 11) is 0. The van der Waals surface area contributed by atoms with Crippen LogP contribution in [0.25, 0.3) is 6.08 Å². The van der Waals surface area contributed by atoms with Gasteiger partial charge in [0.05, 0.1) is 18.1 Å². The van der Waals surface area contributed by atoms with E-state index in [2.05, 4.69) is 6.58 Å². The molecule has 0 N–H and O–H groups in total. The van der Waals surface area contributed by atoms with Crippen molar-refractivity contribution in [1.29, 1.82) is 0 Å². The van der Waals surface area contributed by atoms with E-state index in [-0.39, 0.29) is 5.91 Å². The zero-order valence-corrected chi connectivity index (χ0v) is 18.1. The number of carbonyl (C=O) groups excluding carboxylic acids is 1. The summed E-state index contributed by atoms with van der Waals surface area (Å²) in [6.45, 7) is 5.16. The van der Waals surface area contributed by atoms with Crippen LogP contribution >= 0.6 is 35.6 Å². The molecule has 1 heterocycles. The molecule has 0 atom stereocenters. The maximum atomic E-state index is 12.4. The Hall–Kier alpha value is -2.28. The number of amides is 1. The summed E-state index contributed by atoms with van der Waals surface area (Å²) in [4.78, 5) is 14.6. The van der Waals surface area contributed by atoms with Crippen molar-refractivity contribution < 1.29 is 14.3 Å². The average Bonchev–Trinajstić information content (AvgIpc) is 2.97. The molecule has 1 amide bonds. The summed E-state index contributed by atoms with van der Waals surface area (Å²) < 4.78 is 12.0. The lowest BCUT2D eigenvalue weighted by atomic mass is 10.2. The van der Waals surface area contributed by atoms with Gasteiger partial charge in [0, 0.05) is 18.0 Å². The molecule has 2 aromatic rings. The summed E-state index contributed by atoms with van der Waals surface area (Å²) >= 11 is 12.4. The fraction of sp³-hybridized carbons (Fsp3) is 0.182. The minimum absolute atomic E-state index is 0.0921. The van der Waals surface area contributed by atoms with Crippen LogP contribution in [0.15, 0.2) is 66.1 Å². The minimum Gasteiger partial charge on any atom is -0.493 e. The topological polar surface area (TPSA) is 38.8 Å². The van der Waals surface area contributed by atoms with Crippen LogP contribution in [0, 0.1) is 0 Å². The molecule has 1 aliphatic rings. The predicted molar refractivity (Wildman–Crippen MR) is 124 cm³/mol. The van der Waals surface area contributed by atoms with E-state index in [1.165, 1.54) is 11.8 Å². The van der Waals surface area contributed by atoms with Gasteiger partial charge in [0.25, 0.3) is 5.91 Å². The molecule has 1 fully saturated rings. The molecule has 2 aromatic carbocycles. The molecular formula is C22H20ClNO3S2. The van der Waals surface area contributed by atoms with Gasteiger partial charge in [-0.2, -0.15) is 0 Å². The number of thiocarbonyl (C=S) groups is 1. The van der Waals surface area contributed by atoms with Gasteiger partial charge in [0.15, 0.2) is 0 Å². The van der Waals surface area contributed by atoms with Crippen molar-refractivity contribution in [3.8, 4) is 11.5 Å². The first-order valence-electron chi connectivity index (χ1n) is 9.04. The van der Waals surface area contributed by atoms with Crippen molar-refractivity contribution in [2.24, 2.45) is 0 Å². The van der Waals surface area contributed by atoms with E-state index in [4.69, 9.17) is 33.3 Å². The molecule has 7 heteroatoms. The highest BCUT2D eigenvalue weighted by Crippen LogP contribution is 2.32. The van der Waals surface area contributed by atoms with Crippen LogP contribution in [-0.2, 0) is 4.79 Å². The van der Waals surface area contributed by atoms with Crippen molar-refractivity contribution in [2.75, 3.05) is 19.8 Å². The van der Waals surface area contributed by atoms with Crippen LogP contribution < -0.4 is 9.47 Å². The van der Waals surface area contributed by atoms with Gasteiger partial charge in [-0.3, -0.25) is 9.69 Å². The largest absolute Gasteiger partial charge is 0.493 e. The van der Waals surface area contributed by atoms with Crippen molar-refractivity contribution >= 4 is 51.9 Å². The second kappa shape index (κ2) is 10.5. The van der Waals surface area contributed by atoms with Gasteiger partial charge in [-0.15, -0.1) is 6.58 Å². The van der Waals surface area contributed by atoms with E-state index in [0.717, 1.165) is 23.5 Å². The summed E-state index contributed by atoms with van der Waals surface area (Å²) in [6.07, 6.45) is 4.24. The van der Waals surface area contributed by atoms with Crippen LogP contribution in [0.1, 0.15) is 12.0 Å². The third-order valence-corrected chi connectivity index (χ3v) is 5.61. The highest BCUT2D eigenvalue weighted by Gasteiger charge is 2.30. The second-order valence-corrected chi connectivity index (χ2v) is 8.27. The van der Waals surface area contributed by atoms with E-state index in [1.807, 2.05) is 42.5 Å². The van der Waals surface area contributed by atoms with Crippen molar-refractivity contribution in [1.82, 2.24) is 4.90 Å². The average molecular weight is 446 g/mol. The number of halogens is 1. The summed E-state index contributed by atoms with van der Waals surface area (Å²) in [5.41, 5.74) is 0.888. The molecule has 0 bridgehead atoms. The number of nitrogens with zero attached hydrogens (tertiary/aromatic N) is 1. The fourth-order valence-corrected chi connectivity index (χ4v) is 4.00.